The number of phenols is 1. The number of ketones is 4. The molecule has 0 bridgehead atoms. The number of rotatable bonds is 43. The molecule has 29 heteroatoms. The standard InChI is InChI=1S/C74H99N11O16S2/c1-4-52-53-38-51(88)22-23-57(53)81-66-54(52)40-85-59(66)39-56-55(68(85)91)41-100-70(93)74(56,5-2)101-69(92)44(3)79-72(94)77-24-30-98-32-33-99-31-25-78-73(95)80-48-35-45(60(89)18-12-28-96-26-10-16-49(86)14-6-8-20-62-65-47(42-102-62)37-64(75)83-65)34-46(36-48)61(90)19-13-29-97-27-11-17-50(87)15-7-9-21-63-67-58(43-103-63)82-71(76)84-67/h22-23,34-36,38-39,44,47,58,62-63,65,67,88H,4-21,24-33,37,40-43H2,1-3H3,(H2,75,83)(H3,76,82,84)(H2,77,79,94)(H2,78,80,95)/t44-,47-,58-,62-,63-,65-,67-,74-/m0/s1. The monoisotopic (exact) mass is 1460 g/mol. The summed E-state index contributed by atoms with van der Waals surface area (Å²) in [6.45, 7) is 6.94. The predicted octanol–water partition coefficient (Wildman–Crippen LogP) is 7.85. The van der Waals surface area contributed by atoms with Gasteiger partial charge in [0.15, 0.2) is 17.5 Å². The smallest absolute Gasteiger partial charge is 0.355 e. The van der Waals surface area contributed by atoms with Crippen LogP contribution in [0.5, 0.6) is 5.75 Å². The van der Waals surface area contributed by atoms with Crippen molar-refractivity contribution in [2.45, 2.75) is 196 Å². The molecule has 0 unspecified atom stereocenters. The summed E-state index contributed by atoms with van der Waals surface area (Å²) in [7, 11) is 0. The highest BCUT2D eigenvalue weighted by Crippen LogP contribution is 2.44. The van der Waals surface area contributed by atoms with Crippen LogP contribution >= 0.6 is 23.5 Å². The van der Waals surface area contributed by atoms with Crippen LogP contribution < -0.4 is 43.6 Å². The maximum atomic E-state index is 14.2. The molecule has 0 radical (unpaired) electrons. The highest BCUT2D eigenvalue weighted by molar-refractivity contribution is 8.00. The van der Waals surface area contributed by atoms with Gasteiger partial charge in [-0.1, -0.05) is 26.7 Å². The van der Waals surface area contributed by atoms with Crippen LogP contribution in [0.1, 0.15) is 179 Å². The molecule has 8 atom stereocenters. The molecule has 2 aromatic carbocycles. The zero-order valence-electron chi connectivity index (χ0n) is 59.2. The van der Waals surface area contributed by atoms with E-state index < -0.39 is 41.2 Å². The summed E-state index contributed by atoms with van der Waals surface area (Å²) in [6.07, 6.45) is 11.3. The maximum Gasteiger partial charge on any atom is 0.355 e. The van der Waals surface area contributed by atoms with Crippen LogP contribution in [0.15, 0.2) is 57.2 Å². The van der Waals surface area contributed by atoms with Gasteiger partial charge in [0.1, 0.15) is 30.0 Å². The molecule has 6 aliphatic rings. The number of amides is 4. The number of fused-ring (bicyclic) bond motifs is 7. The number of guanidine groups is 1. The van der Waals surface area contributed by atoms with Crippen molar-refractivity contribution in [3.8, 4) is 17.1 Å². The number of pyridine rings is 2. The van der Waals surface area contributed by atoms with Crippen molar-refractivity contribution < 1.29 is 71.9 Å². The Morgan fingerprint density at radius 3 is 1.95 bits per heavy atom. The summed E-state index contributed by atoms with van der Waals surface area (Å²) in [5.74, 6) is 2.20. The number of urea groups is 2. The van der Waals surface area contributed by atoms with Gasteiger partial charge in [-0.2, -0.15) is 23.5 Å². The molecule has 2 aromatic heterocycles. The van der Waals surface area contributed by atoms with Crippen molar-refractivity contribution >= 4 is 99.0 Å². The number of aliphatic imine (C=N–C) groups is 2. The minimum Gasteiger partial charge on any atom is -0.508 e. The van der Waals surface area contributed by atoms with E-state index in [1.54, 1.807) is 35.8 Å². The van der Waals surface area contributed by atoms with Crippen LogP contribution in [-0.4, -0.2) is 186 Å². The zero-order chi connectivity index (χ0) is 73.0. The molecule has 10 N–H and O–H groups in total. The van der Waals surface area contributed by atoms with E-state index in [-0.39, 0.29) is 135 Å². The van der Waals surface area contributed by atoms with Gasteiger partial charge >= 0.3 is 24.0 Å². The minimum absolute atomic E-state index is 0.0520. The van der Waals surface area contributed by atoms with E-state index in [2.05, 4.69) is 36.6 Å². The minimum atomic E-state index is -2.00. The van der Waals surface area contributed by atoms with Gasteiger partial charge in [-0.05, 0) is 131 Å². The molecular weight excluding hydrogens is 1360 g/mol. The molecule has 103 heavy (non-hydrogen) atoms. The number of unbranched alkanes of at least 4 members (excludes halogenated alkanes) is 2. The van der Waals surface area contributed by atoms with Gasteiger partial charge in [-0.25, -0.2) is 29.2 Å². The number of hydrogen-bond donors (Lipinski definition) is 8. The normalized spacial score (nSPS) is 20.7. The Bertz CT molecular complexity index is 3760. The largest absolute Gasteiger partial charge is 0.508 e. The number of nitrogens with one attached hydrogen (secondary N) is 5. The van der Waals surface area contributed by atoms with Crippen LogP contribution in [0.4, 0.5) is 15.3 Å². The quantitative estimate of drug-likeness (QED) is 0.0105. The Morgan fingerprint density at radius 1 is 0.709 bits per heavy atom. The first-order chi connectivity index (χ1) is 49.8. The number of Topliss-reactive ketones (excluding diaryl/α,β-unsaturated/α-hetero) is 4. The highest BCUT2D eigenvalue weighted by atomic mass is 32.2. The zero-order valence-corrected chi connectivity index (χ0v) is 60.9. The lowest BCUT2D eigenvalue weighted by Gasteiger charge is -2.36. The number of nitrogens with two attached hydrogens (primary N) is 2. The molecule has 8 heterocycles. The van der Waals surface area contributed by atoms with E-state index in [0.717, 1.165) is 78.8 Å². The van der Waals surface area contributed by atoms with Crippen LogP contribution in [-0.2, 0) is 72.8 Å². The number of cyclic esters (lactones) is 1. The Balaban J connectivity index is 0.610. The van der Waals surface area contributed by atoms with E-state index in [1.165, 1.54) is 25.1 Å². The Morgan fingerprint density at radius 2 is 1.31 bits per heavy atom. The number of hydrogen-bond acceptors (Lipinski definition) is 24. The summed E-state index contributed by atoms with van der Waals surface area (Å²) in [5, 5.41) is 25.8. The third kappa shape index (κ3) is 20.5. The first-order valence-electron chi connectivity index (χ1n) is 36.4. The van der Waals surface area contributed by atoms with Gasteiger partial charge in [0.2, 0.25) is 5.60 Å². The lowest BCUT2D eigenvalue weighted by molar-refractivity contribution is -0.190. The maximum absolute atomic E-state index is 14.2. The molecule has 558 valence electrons. The number of aryl methyl sites for hydroxylation is 1. The molecule has 0 aliphatic carbocycles. The molecule has 0 spiro atoms. The van der Waals surface area contributed by atoms with Gasteiger partial charge in [0.25, 0.3) is 5.56 Å². The van der Waals surface area contributed by atoms with E-state index in [9.17, 15) is 48.3 Å². The third-order valence-corrected chi connectivity index (χ3v) is 22.8. The number of aromatic hydroxyl groups is 1. The van der Waals surface area contributed by atoms with Gasteiger partial charge in [0.05, 0.1) is 79.4 Å². The molecule has 10 rings (SSSR count). The molecule has 0 saturated carbocycles. The molecule has 2 saturated heterocycles. The first-order valence-corrected chi connectivity index (χ1v) is 38.5. The Hall–Kier alpha value is -7.96. The van der Waals surface area contributed by atoms with E-state index in [1.807, 2.05) is 30.4 Å². The first kappa shape index (κ1) is 77.6. The lowest BCUT2D eigenvalue weighted by Crippen LogP contribution is -2.51. The van der Waals surface area contributed by atoms with Gasteiger partial charge in [-0.15, -0.1) is 0 Å². The Kier molecular flexibility index (Phi) is 28.4. The number of phenolic OH excluding ortho intramolecular Hbond substituents is 1. The second-order valence-electron chi connectivity index (χ2n) is 27.1. The second kappa shape index (κ2) is 37.7. The average molecular weight is 1460 g/mol. The number of amidine groups is 1. The van der Waals surface area contributed by atoms with Crippen molar-refractivity contribution in [2.75, 3.05) is 82.8 Å². The summed E-state index contributed by atoms with van der Waals surface area (Å²) in [4.78, 5) is 134. The molecule has 27 nitrogen and oxygen atoms in total. The number of esters is 2. The Labute approximate surface area is 608 Å². The van der Waals surface area contributed by atoms with Crippen molar-refractivity contribution in [2.24, 2.45) is 27.4 Å². The SMILES string of the molecule is CCc1c2c(nc3ccc(O)cc13)-c1cc3c(c(=O)n1C2)COC(=O)[C@@]3(CC)OC(=O)[C@H](C)NC(=O)NCCOCCOCCNC(=O)Nc1cc(C(=O)CCCOCCCC(=O)CCCC[C@@H]2SC[C@@H]3CC(N)=N[C@@H]32)cc(C(=O)CCCOCCCC(=O)CCCC[C@@H]2SC[C@@H]3NC(N)=N[C@@H]32)c1. The third-order valence-electron chi connectivity index (χ3n) is 19.7. The molecule has 4 aromatic rings. The number of carbonyl (C=O) groups excluding carboxylic acids is 8. The van der Waals surface area contributed by atoms with E-state index in [0.29, 0.717) is 136 Å². The lowest BCUT2D eigenvalue weighted by atomic mass is 9.85. The van der Waals surface area contributed by atoms with Crippen molar-refractivity contribution in [1.29, 1.82) is 0 Å². The summed E-state index contributed by atoms with van der Waals surface area (Å²) < 4.78 is 35.9. The average Bonchev–Trinajstić information content (AvgIpc) is 1.63. The van der Waals surface area contributed by atoms with Crippen LogP contribution in [0.2, 0.25) is 0 Å². The predicted molar refractivity (Wildman–Crippen MR) is 393 cm³/mol. The number of aromatic nitrogens is 2. The summed E-state index contributed by atoms with van der Waals surface area (Å²) in [5.41, 5.74) is 13.9. The van der Waals surface area contributed by atoms with E-state index in [4.69, 9.17) is 44.9 Å². The van der Waals surface area contributed by atoms with Gasteiger partial charge in [0, 0.05) is 134 Å². The van der Waals surface area contributed by atoms with Crippen LogP contribution in [0, 0.1) is 5.92 Å². The van der Waals surface area contributed by atoms with Crippen molar-refractivity contribution in [1.82, 2.24) is 30.8 Å². The molecule has 2 fully saturated rings. The highest BCUT2D eigenvalue weighted by Gasteiger charge is 2.51. The van der Waals surface area contributed by atoms with Crippen molar-refractivity contribution in [3.05, 3.63) is 86.2 Å². The number of thioether (sulfide) groups is 2. The number of ether oxygens (including phenoxy) is 6. The van der Waals surface area contributed by atoms with Crippen LogP contribution in [0.25, 0.3) is 22.3 Å². The molecule has 4 amide bonds. The number of benzene rings is 2. The van der Waals surface area contributed by atoms with Gasteiger partial charge < -0.3 is 76.1 Å². The number of anilines is 1. The fourth-order valence-electron chi connectivity index (χ4n) is 14.3. The topological polar surface area (TPSA) is 384 Å². The number of nitrogens with zero attached hydrogens (tertiary/aromatic N) is 4. The fraction of sp³-hybridized carbons (Fsp3) is 0.595. The van der Waals surface area contributed by atoms with Crippen LogP contribution in [0.3, 0.4) is 0 Å². The number of carbonyl (C=O) groups is 8. The van der Waals surface area contributed by atoms with E-state index >= 15 is 0 Å². The molecule has 6 aliphatic heterocycles. The second-order valence-corrected chi connectivity index (χ2v) is 29.7. The fourth-order valence-corrected chi connectivity index (χ4v) is 17.4. The van der Waals surface area contributed by atoms with Crippen molar-refractivity contribution in [3.63, 3.8) is 0 Å². The molecular formula is C74H99N11O16S2. The van der Waals surface area contributed by atoms with Gasteiger partial charge in [-0.3, -0.25) is 29.0 Å². The summed E-state index contributed by atoms with van der Waals surface area (Å²) in [6, 6.07) is 9.47. The summed E-state index contributed by atoms with van der Waals surface area (Å²) >= 11 is 3.90.